The van der Waals surface area contributed by atoms with Crippen LogP contribution in [-0.2, 0) is 9.59 Å². The fourth-order valence-corrected chi connectivity index (χ4v) is 3.90. The van der Waals surface area contributed by atoms with Gasteiger partial charge in [-0.25, -0.2) is 0 Å². The summed E-state index contributed by atoms with van der Waals surface area (Å²) in [6, 6.07) is 9.28. The van der Waals surface area contributed by atoms with Gasteiger partial charge in [0.25, 0.3) is 0 Å². The highest BCUT2D eigenvalue weighted by Crippen LogP contribution is 2.48. The lowest BCUT2D eigenvalue weighted by Gasteiger charge is -2.23. The molecule has 0 aliphatic heterocycles. The van der Waals surface area contributed by atoms with Crippen molar-refractivity contribution >= 4 is 28.5 Å². The fourth-order valence-electron chi connectivity index (χ4n) is 3.90. The summed E-state index contributed by atoms with van der Waals surface area (Å²) in [5.74, 6) is -2.20. The van der Waals surface area contributed by atoms with Gasteiger partial charge in [0, 0.05) is 17.3 Å². The maximum absolute atomic E-state index is 12.6. The Labute approximate surface area is 133 Å². The Bertz CT molecular complexity index is 830. The van der Waals surface area contributed by atoms with E-state index in [1.807, 2.05) is 36.4 Å². The number of nitrogens with zero attached hydrogens (tertiary/aromatic N) is 1. The molecule has 2 N–H and O–H groups in total. The number of carboxylic acids is 1. The second-order valence-electron chi connectivity index (χ2n) is 6.24. The molecule has 4 unspecified atom stereocenters. The maximum Gasteiger partial charge on any atom is 0.307 e. The molecule has 1 amide bonds. The molecule has 1 aromatic heterocycles. The summed E-state index contributed by atoms with van der Waals surface area (Å²) < 4.78 is 0. The van der Waals surface area contributed by atoms with Crippen molar-refractivity contribution in [3.63, 3.8) is 0 Å². The number of benzene rings is 1. The number of hydrogen-bond donors (Lipinski definition) is 2. The van der Waals surface area contributed by atoms with Crippen molar-refractivity contribution in [3.8, 4) is 0 Å². The number of anilines is 1. The van der Waals surface area contributed by atoms with Crippen LogP contribution in [0.3, 0.4) is 0 Å². The Morgan fingerprint density at radius 1 is 1.13 bits per heavy atom. The smallest absolute Gasteiger partial charge is 0.307 e. The van der Waals surface area contributed by atoms with E-state index in [1.54, 1.807) is 12.3 Å². The van der Waals surface area contributed by atoms with Crippen molar-refractivity contribution in [2.75, 3.05) is 5.32 Å². The molecule has 2 aliphatic rings. The minimum absolute atomic E-state index is 0.0194. The highest BCUT2D eigenvalue weighted by molar-refractivity contribution is 5.97. The maximum atomic E-state index is 12.6. The van der Waals surface area contributed by atoms with Crippen molar-refractivity contribution in [3.05, 3.63) is 48.7 Å². The Hall–Kier alpha value is -2.69. The van der Waals surface area contributed by atoms with Gasteiger partial charge < -0.3 is 10.4 Å². The first-order chi connectivity index (χ1) is 11.1. The van der Waals surface area contributed by atoms with Gasteiger partial charge in [0.2, 0.25) is 5.91 Å². The van der Waals surface area contributed by atoms with E-state index in [0.29, 0.717) is 5.69 Å². The zero-order valence-electron chi connectivity index (χ0n) is 12.3. The van der Waals surface area contributed by atoms with Crippen molar-refractivity contribution in [2.24, 2.45) is 23.7 Å². The van der Waals surface area contributed by atoms with Gasteiger partial charge in [0.05, 0.1) is 17.4 Å². The number of carbonyl (C=O) groups excluding carboxylic acids is 1. The Morgan fingerprint density at radius 2 is 1.91 bits per heavy atom. The van der Waals surface area contributed by atoms with Gasteiger partial charge in [-0.1, -0.05) is 18.2 Å². The standard InChI is InChI=1S/C18H16N2O3/c21-17(15-11-3-4-12(8-11)16(15)18(22)23)20-13-5-6-14-10(9-13)2-1-7-19-14/h1-7,9,11-12,15-16H,8H2,(H,20,21)(H,22,23). The van der Waals surface area contributed by atoms with E-state index in [4.69, 9.17) is 0 Å². The first-order valence-corrected chi connectivity index (χ1v) is 7.70. The lowest BCUT2D eigenvalue weighted by Crippen LogP contribution is -2.36. The third-order valence-corrected chi connectivity index (χ3v) is 4.92. The summed E-state index contributed by atoms with van der Waals surface area (Å²) >= 11 is 0. The molecular formula is C18H16N2O3. The molecular weight excluding hydrogens is 292 g/mol. The van der Waals surface area contributed by atoms with Crippen molar-refractivity contribution in [1.82, 2.24) is 4.98 Å². The third-order valence-electron chi connectivity index (χ3n) is 4.92. The molecule has 1 saturated carbocycles. The highest BCUT2D eigenvalue weighted by atomic mass is 16.4. The van der Waals surface area contributed by atoms with E-state index in [-0.39, 0.29) is 17.7 Å². The monoisotopic (exact) mass is 308 g/mol. The van der Waals surface area contributed by atoms with Crippen LogP contribution in [0.1, 0.15) is 6.42 Å². The number of carbonyl (C=O) groups is 2. The summed E-state index contributed by atoms with van der Waals surface area (Å²) in [7, 11) is 0. The van der Waals surface area contributed by atoms with E-state index in [2.05, 4.69) is 10.3 Å². The first-order valence-electron chi connectivity index (χ1n) is 7.70. The average Bonchev–Trinajstić information content (AvgIpc) is 3.15. The van der Waals surface area contributed by atoms with Crippen LogP contribution < -0.4 is 5.32 Å². The van der Waals surface area contributed by atoms with Crippen molar-refractivity contribution in [2.45, 2.75) is 6.42 Å². The fraction of sp³-hybridized carbons (Fsp3) is 0.278. The topological polar surface area (TPSA) is 79.3 Å². The molecule has 23 heavy (non-hydrogen) atoms. The number of aliphatic carboxylic acids is 1. The molecule has 1 fully saturated rings. The van der Waals surface area contributed by atoms with Crippen LogP contribution in [0.15, 0.2) is 48.7 Å². The third kappa shape index (κ3) is 2.29. The van der Waals surface area contributed by atoms with Gasteiger partial charge >= 0.3 is 5.97 Å². The second-order valence-corrected chi connectivity index (χ2v) is 6.24. The molecule has 116 valence electrons. The number of nitrogens with one attached hydrogen (secondary N) is 1. The van der Waals surface area contributed by atoms with Gasteiger partial charge in [-0.05, 0) is 42.5 Å². The molecule has 2 aliphatic carbocycles. The second kappa shape index (κ2) is 5.19. The number of rotatable bonds is 3. The van der Waals surface area contributed by atoms with Crippen molar-refractivity contribution in [1.29, 1.82) is 0 Å². The molecule has 4 rings (SSSR count). The number of allylic oxidation sites excluding steroid dienone is 2. The Morgan fingerprint density at radius 3 is 2.70 bits per heavy atom. The number of fused-ring (bicyclic) bond motifs is 3. The molecule has 1 heterocycles. The largest absolute Gasteiger partial charge is 0.481 e. The number of hydrogen-bond acceptors (Lipinski definition) is 3. The summed E-state index contributed by atoms with van der Waals surface area (Å²) in [6.45, 7) is 0. The zero-order valence-corrected chi connectivity index (χ0v) is 12.3. The molecule has 0 saturated heterocycles. The summed E-state index contributed by atoms with van der Waals surface area (Å²) in [5, 5.41) is 13.3. The predicted octanol–water partition coefficient (Wildman–Crippen LogP) is 2.70. The van der Waals surface area contributed by atoms with E-state index < -0.39 is 17.8 Å². The normalized spacial score (nSPS) is 28.2. The average molecular weight is 308 g/mol. The molecule has 1 aromatic carbocycles. The number of pyridine rings is 1. The number of amides is 1. The quantitative estimate of drug-likeness (QED) is 0.854. The highest BCUT2D eigenvalue weighted by Gasteiger charge is 2.51. The summed E-state index contributed by atoms with van der Waals surface area (Å²) in [4.78, 5) is 28.4. The van der Waals surface area contributed by atoms with Crippen LogP contribution in [-0.4, -0.2) is 22.0 Å². The molecule has 0 spiro atoms. The van der Waals surface area contributed by atoms with E-state index >= 15 is 0 Å². The van der Waals surface area contributed by atoms with Crippen LogP contribution in [0.5, 0.6) is 0 Å². The first kappa shape index (κ1) is 13.9. The number of carboxylic acid groups (broad SMARTS) is 1. The van der Waals surface area contributed by atoms with Gasteiger partial charge in [-0.3, -0.25) is 14.6 Å². The zero-order chi connectivity index (χ0) is 16.0. The lowest BCUT2D eigenvalue weighted by atomic mass is 9.82. The predicted molar refractivity (Wildman–Crippen MR) is 85.7 cm³/mol. The molecule has 5 nitrogen and oxygen atoms in total. The summed E-state index contributed by atoms with van der Waals surface area (Å²) in [5.41, 5.74) is 1.53. The molecule has 0 radical (unpaired) electrons. The van der Waals surface area contributed by atoms with Crippen LogP contribution in [0.25, 0.3) is 10.9 Å². The van der Waals surface area contributed by atoms with Crippen LogP contribution in [0.2, 0.25) is 0 Å². The Kier molecular flexibility index (Phi) is 3.15. The minimum Gasteiger partial charge on any atom is -0.481 e. The molecule has 2 bridgehead atoms. The molecule has 4 atom stereocenters. The van der Waals surface area contributed by atoms with Crippen LogP contribution in [0.4, 0.5) is 5.69 Å². The van der Waals surface area contributed by atoms with Crippen LogP contribution in [0, 0.1) is 23.7 Å². The van der Waals surface area contributed by atoms with E-state index in [9.17, 15) is 14.7 Å². The van der Waals surface area contributed by atoms with Gasteiger partial charge in [0.15, 0.2) is 0 Å². The van der Waals surface area contributed by atoms with E-state index in [1.165, 1.54) is 0 Å². The van der Waals surface area contributed by atoms with E-state index in [0.717, 1.165) is 17.3 Å². The Balaban J connectivity index is 1.59. The van der Waals surface area contributed by atoms with Gasteiger partial charge in [-0.15, -0.1) is 0 Å². The van der Waals surface area contributed by atoms with Gasteiger partial charge in [0.1, 0.15) is 0 Å². The van der Waals surface area contributed by atoms with Crippen molar-refractivity contribution < 1.29 is 14.7 Å². The molecule has 2 aromatic rings. The van der Waals surface area contributed by atoms with Crippen LogP contribution >= 0.6 is 0 Å². The minimum atomic E-state index is -0.885. The molecule has 5 heteroatoms. The lowest BCUT2D eigenvalue weighted by molar-refractivity contribution is -0.146. The van der Waals surface area contributed by atoms with Gasteiger partial charge in [-0.2, -0.15) is 0 Å². The summed E-state index contributed by atoms with van der Waals surface area (Å²) in [6.07, 6.45) is 6.41. The SMILES string of the molecule is O=C(O)C1C2C=CC(C2)C1C(=O)Nc1ccc2ncccc2c1. The number of aromatic nitrogens is 1.